The molecule has 2 aromatic rings. The Balaban J connectivity index is 2.18. The van der Waals surface area contributed by atoms with E-state index in [1.807, 2.05) is 13.0 Å². The third-order valence-electron chi connectivity index (χ3n) is 2.42. The van der Waals surface area contributed by atoms with Gasteiger partial charge in [0, 0.05) is 10.7 Å². The second-order valence-corrected chi connectivity index (χ2v) is 4.65. The first kappa shape index (κ1) is 13.4. The zero-order chi connectivity index (χ0) is 13.8. The molecular formula is C12H12BrN5O. The molecule has 0 aliphatic heterocycles. The number of amides is 1. The Labute approximate surface area is 118 Å². The van der Waals surface area contributed by atoms with E-state index in [4.69, 9.17) is 5.84 Å². The van der Waals surface area contributed by atoms with Gasteiger partial charge in [0.05, 0.1) is 11.4 Å². The first-order chi connectivity index (χ1) is 9.10. The third-order valence-corrected chi connectivity index (χ3v) is 3.26. The van der Waals surface area contributed by atoms with Crippen molar-refractivity contribution >= 4 is 33.3 Å². The number of nitrogens with two attached hydrogens (primary N) is 1. The van der Waals surface area contributed by atoms with Crippen LogP contribution in [-0.2, 0) is 0 Å². The number of hydrogen-bond acceptors (Lipinski definition) is 5. The van der Waals surface area contributed by atoms with E-state index in [-0.39, 0.29) is 11.6 Å². The molecular weight excluding hydrogens is 310 g/mol. The third kappa shape index (κ3) is 3.27. The van der Waals surface area contributed by atoms with Gasteiger partial charge in [0.2, 0.25) is 0 Å². The summed E-state index contributed by atoms with van der Waals surface area (Å²) >= 11 is 3.35. The summed E-state index contributed by atoms with van der Waals surface area (Å²) in [5.41, 5.74) is 4.13. The summed E-state index contributed by atoms with van der Waals surface area (Å²) in [6.07, 6.45) is 1.50. The van der Waals surface area contributed by atoms with Crippen molar-refractivity contribution in [3.63, 3.8) is 0 Å². The van der Waals surface area contributed by atoms with Crippen LogP contribution in [0.4, 0.5) is 11.5 Å². The highest BCUT2D eigenvalue weighted by Crippen LogP contribution is 2.16. The van der Waals surface area contributed by atoms with Crippen LogP contribution in [0.25, 0.3) is 0 Å². The molecule has 0 aliphatic carbocycles. The van der Waals surface area contributed by atoms with Gasteiger partial charge in [-0.05, 0) is 47.1 Å². The quantitative estimate of drug-likeness (QED) is 0.594. The summed E-state index contributed by atoms with van der Waals surface area (Å²) in [6.45, 7) is 1.84. The Hall–Kier alpha value is -1.99. The van der Waals surface area contributed by atoms with Crippen molar-refractivity contribution in [1.82, 2.24) is 9.97 Å². The van der Waals surface area contributed by atoms with Crippen LogP contribution in [0.2, 0.25) is 0 Å². The monoisotopic (exact) mass is 321 g/mol. The molecule has 0 bridgehead atoms. The van der Waals surface area contributed by atoms with Gasteiger partial charge in [0.25, 0.3) is 5.91 Å². The van der Waals surface area contributed by atoms with E-state index in [1.54, 1.807) is 18.2 Å². The van der Waals surface area contributed by atoms with Gasteiger partial charge in [-0.15, -0.1) is 0 Å². The fourth-order valence-corrected chi connectivity index (χ4v) is 1.66. The van der Waals surface area contributed by atoms with Crippen LogP contribution in [0.3, 0.4) is 0 Å². The van der Waals surface area contributed by atoms with Crippen molar-refractivity contribution in [1.29, 1.82) is 0 Å². The molecule has 1 amide bonds. The molecule has 7 heteroatoms. The fraction of sp³-hybridized carbons (Fsp3) is 0.0833. The van der Waals surface area contributed by atoms with Gasteiger partial charge in [-0.2, -0.15) is 0 Å². The maximum Gasteiger partial charge on any atom is 0.275 e. The number of hydrazine groups is 1. The number of carbonyl (C=O) groups is 1. The van der Waals surface area contributed by atoms with Gasteiger partial charge in [0.1, 0.15) is 11.5 Å². The molecule has 0 saturated carbocycles. The molecule has 19 heavy (non-hydrogen) atoms. The lowest BCUT2D eigenvalue weighted by atomic mass is 10.3. The highest BCUT2D eigenvalue weighted by atomic mass is 79.9. The number of halogens is 1. The zero-order valence-corrected chi connectivity index (χ0v) is 11.7. The SMILES string of the molecule is Cc1nc(NC(=O)c2cc(NN)ccn2)ccc1Br. The van der Waals surface area contributed by atoms with Crippen LogP contribution in [0, 0.1) is 6.92 Å². The van der Waals surface area contributed by atoms with Crippen LogP contribution in [0.15, 0.2) is 34.9 Å². The summed E-state index contributed by atoms with van der Waals surface area (Å²) in [5.74, 6) is 5.41. The van der Waals surface area contributed by atoms with Crippen molar-refractivity contribution in [3.8, 4) is 0 Å². The largest absolute Gasteiger partial charge is 0.324 e. The van der Waals surface area contributed by atoms with Gasteiger partial charge in [-0.1, -0.05) is 0 Å². The van der Waals surface area contributed by atoms with Crippen molar-refractivity contribution in [2.45, 2.75) is 6.92 Å². The number of carbonyl (C=O) groups excluding carboxylic acids is 1. The number of rotatable bonds is 3. The minimum absolute atomic E-state index is 0.262. The summed E-state index contributed by atoms with van der Waals surface area (Å²) in [7, 11) is 0. The number of pyridine rings is 2. The smallest absolute Gasteiger partial charge is 0.275 e. The summed E-state index contributed by atoms with van der Waals surface area (Å²) in [5, 5.41) is 2.68. The molecule has 2 rings (SSSR count). The lowest BCUT2D eigenvalue weighted by Crippen LogP contribution is -2.16. The molecule has 0 spiro atoms. The predicted octanol–water partition coefficient (Wildman–Crippen LogP) is 2.09. The Morgan fingerprint density at radius 2 is 2.16 bits per heavy atom. The average molecular weight is 322 g/mol. The molecule has 0 fully saturated rings. The molecule has 4 N–H and O–H groups in total. The summed E-state index contributed by atoms with van der Waals surface area (Å²) < 4.78 is 0.887. The lowest BCUT2D eigenvalue weighted by molar-refractivity contribution is 0.102. The van der Waals surface area contributed by atoms with E-state index in [0.29, 0.717) is 11.5 Å². The van der Waals surface area contributed by atoms with Gasteiger partial charge in [0.15, 0.2) is 0 Å². The summed E-state index contributed by atoms with van der Waals surface area (Å²) in [4.78, 5) is 20.2. The van der Waals surface area contributed by atoms with Crippen molar-refractivity contribution < 1.29 is 4.79 Å². The zero-order valence-electron chi connectivity index (χ0n) is 10.1. The number of nitrogens with one attached hydrogen (secondary N) is 2. The van der Waals surface area contributed by atoms with Crippen LogP contribution in [-0.4, -0.2) is 15.9 Å². The predicted molar refractivity (Wildman–Crippen MR) is 76.7 cm³/mol. The molecule has 98 valence electrons. The highest BCUT2D eigenvalue weighted by molar-refractivity contribution is 9.10. The lowest BCUT2D eigenvalue weighted by Gasteiger charge is -2.06. The van der Waals surface area contributed by atoms with Gasteiger partial charge in [-0.25, -0.2) is 4.98 Å². The number of anilines is 2. The van der Waals surface area contributed by atoms with Crippen molar-refractivity contribution in [2.75, 3.05) is 10.7 Å². The van der Waals surface area contributed by atoms with E-state index < -0.39 is 0 Å². The normalized spacial score (nSPS) is 10.1. The maximum atomic E-state index is 12.0. The molecule has 0 unspecified atom stereocenters. The average Bonchev–Trinajstić information content (AvgIpc) is 2.43. The minimum Gasteiger partial charge on any atom is -0.324 e. The Morgan fingerprint density at radius 1 is 1.37 bits per heavy atom. The number of aromatic nitrogens is 2. The molecule has 2 aromatic heterocycles. The second kappa shape index (κ2) is 5.77. The minimum atomic E-state index is -0.341. The van der Waals surface area contributed by atoms with Gasteiger partial charge < -0.3 is 10.7 Å². The highest BCUT2D eigenvalue weighted by Gasteiger charge is 2.09. The van der Waals surface area contributed by atoms with Crippen molar-refractivity contribution in [3.05, 3.63) is 46.3 Å². The molecule has 0 aliphatic rings. The van der Waals surface area contributed by atoms with E-state index in [0.717, 1.165) is 10.2 Å². The summed E-state index contributed by atoms with van der Waals surface area (Å²) in [6, 6.07) is 6.75. The van der Waals surface area contributed by atoms with E-state index in [9.17, 15) is 4.79 Å². The fourth-order valence-electron chi connectivity index (χ4n) is 1.44. The Bertz CT molecular complexity index is 617. The first-order valence-electron chi connectivity index (χ1n) is 5.47. The van der Waals surface area contributed by atoms with Crippen LogP contribution < -0.4 is 16.6 Å². The van der Waals surface area contributed by atoms with Crippen molar-refractivity contribution in [2.24, 2.45) is 5.84 Å². The van der Waals surface area contributed by atoms with Gasteiger partial charge in [-0.3, -0.25) is 15.6 Å². The Kier molecular flexibility index (Phi) is 4.08. The number of nitrogen functional groups attached to an aromatic ring is 1. The number of aryl methyl sites for hydroxylation is 1. The van der Waals surface area contributed by atoms with E-state index >= 15 is 0 Å². The van der Waals surface area contributed by atoms with E-state index in [2.05, 4.69) is 36.6 Å². The number of hydrogen-bond donors (Lipinski definition) is 3. The van der Waals surface area contributed by atoms with Crippen LogP contribution in [0.5, 0.6) is 0 Å². The molecule has 0 saturated heterocycles. The maximum absolute atomic E-state index is 12.0. The van der Waals surface area contributed by atoms with E-state index in [1.165, 1.54) is 6.20 Å². The molecule has 0 aromatic carbocycles. The molecule has 2 heterocycles. The number of nitrogens with zero attached hydrogens (tertiary/aromatic N) is 2. The van der Waals surface area contributed by atoms with Crippen LogP contribution in [0.1, 0.15) is 16.2 Å². The molecule has 0 atom stereocenters. The topological polar surface area (TPSA) is 92.9 Å². The molecule has 0 radical (unpaired) electrons. The molecule has 6 nitrogen and oxygen atoms in total. The Morgan fingerprint density at radius 3 is 2.84 bits per heavy atom. The van der Waals surface area contributed by atoms with Gasteiger partial charge >= 0.3 is 0 Å². The second-order valence-electron chi connectivity index (χ2n) is 3.79. The van der Waals surface area contributed by atoms with Crippen LogP contribution >= 0.6 is 15.9 Å². The standard InChI is InChI=1S/C12H12BrN5O/c1-7-9(13)2-3-11(16-7)17-12(19)10-6-8(18-14)4-5-15-10/h2-6H,14H2,1H3,(H,15,18)(H,16,17,19). The first-order valence-corrected chi connectivity index (χ1v) is 6.26.